The summed E-state index contributed by atoms with van der Waals surface area (Å²) < 4.78 is 5.22. The number of anilines is 1. The van der Waals surface area contributed by atoms with Crippen molar-refractivity contribution < 1.29 is 4.74 Å². The van der Waals surface area contributed by atoms with Gasteiger partial charge in [-0.15, -0.1) is 5.10 Å². The molecule has 24 heavy (non-hydrogen) atoms. The van der Waals surface area contributed by atoms with Crippen molar-refractivity contribution in [2.45, 2.75) is 38.3 Å². The van der Waals surface area contributed by atoms with Crippen LogP contribution in [0.5, 0.6) is 5.75 Å². The SMILES string of the molecule is COc1ccc(C[C@H](C)N[C@H]2CCCN(c3cccnn3)C2)cc1. The van der Waals surface area contributed by atoms with Gasteiger partial charge in [-0.25, -0.2) is 0 Å². The summed E-state index contributed by atoms with van der Waals surface area (Å²) in [7, 11) is 1.70. The van der Waals surface area contributed by atoms with Crippen LogP contribution < -0.4 is 15.0 Å². The van der Waals surface area contributed by atoms with E-state index in [1.807, 2.05) is 24.3 Å². The average molecular weight is 326 g/mol. The molecule has 1 saturated heterocycles. The van der Waals surface area contributed by atoms with Crippen LogP contribution in [0.4, 0.5) is 5.82 Å². The molecule has 2 heterocycles. The first-order valence-corrected chi connectivity index (χ1v) is 8.66. The number of piperidine rings is 1. The zero-order valence-electron chi connectivity index (χ0n) is 14.5. The summed E-state index contributed by atoms with van der Waals surface area (Å²) in [6.45, 7) is 4.31. The quantitative estimate of drug-likeness (QED) is 0.884. The van der Waals surface area contributed by atoms with Gasteiger partial charge in [0.1, 0.15) is 5.75 Å². The van der Waals surface area contributed by atoms with Crippen molar-refractivity contribution in [1.82, 2.24) is 15.5 Å². The fourth-order valence-electron chi connectivity index (χ4n) is 3.36. The summed E-state index contributed by atoms with van der Waals surface area (Å²) in [6, 6.07) is 13.3. The number of nitrogens with zero attached hydrogens (tertiary/aromatic N) is 3. The van der Waals surface area contributed by atoms with Gasteiger partial charge in [0, 0.05) is 31.4 Å². The van der Waals surface area contributed by atoms with Gasteiger partial charge >= 0.3 is 0 Å². The molecule has 1 N–H and O–H groups in total. The van der Waals surface area contributed by atoms with Crippen LogP contribution in [0.25, 0.3) is 0 Å². The van der Waals surface area contributed by atoms with E-state index in [-0.39, 0.29) is 0 Å². The predicted octanol–water partition coefficient (Wildman–Crippen LogP) is 2.67. The second kappa shape index (κ2) is 8.11. The Labute approximate surface area is 144 Å². The first kappa shape index (κ1) is 16.7. The van der Waals surface area contributed by atoms with E-state index in [4.69, 9.17) is 4.74 Å². The Balaban J connectivity index is 1.52. The van der Waals surface area contributed by atoms with Crippen molar-refractivity contribution in [3.8, 4) is 5.75 Å². The number of aromatic nitrogens is 2. The van der Waals surface area contributed by atoms with Crippen LogP contribution in [0.15, 0.2) is 42.6 Å². The smallest absolute Gasteiger partial charge is 0.151 e. The molecule has 1 aromatic heterocycles. The number of hydrogen-bond donors (Lipinski definition) is 1. The summed E-state index contributed by atoms with van der Waals surface area (Å²) in [6.07, 6.45) is 5.14. The fourth-order valence-corrected chi connectivity index (χ4v) is 3.36. The molecular formula is C19H26N4O. The molecule has 0 unspecified atom stereocenters. The number of ether oxygens (including phenoxy) is 1. The Morgan fingerprint density at radius 3 is 2.83 bits per heavy atom. The first-order valence-electron chi connectivity index (χ1n) is 8.66. The molecule has 1 aromatic carbocycles. The Hall–Kier alpha value is -2.14. The third kappa shape index (κ3) is 4.45. The lowest BCUT2D eigenvalue weighted by atomic mass is 10.0. The van der Waals surface area contributed by atoms with E-state index < -0.39 is 0 Å². The molecule has 5 nitrogen and oxygen atoms in total. The predicted molar refractivity (Wildman–Crippen MR) is 96.6 cm³/mol. The van der Waals surface area contributed by atoms with Gasteiger partial charge in [0.25, 0.3) is 0 Å². The number of nitrogens with one attached hydrogen (secondary N) is 1. The van der Waals surface area contributed by atoms with Gasteiger partial charge in [-0.2, -0.15) is 5.10 Å². The largest absolute Gasteiger partial charge is 0.497 e. The van der Waals surface area contributed by atoms with Crippen molar-refractivity contribution in [1.29, 1.82) is 0 Å². The van der Waals surface area contributed by atoms with E-state index in [1.165, 1.54) is 18.4 Å². The zero-order chi connectivity index (χ0) is 16.8. The van der Waals surface area contributed by atoms with Crippen molar-refractivity contribution in [2.75, 3.05) is 25.1 Å². The highest BCUT2D eigenvalue weighted by atomic mass is 16.5. The maximum absolute atomic E-state index is 5.22. The molecule has 1 fully saturated rings. The average Bonchev–Trinajstić information content (AvgIpc) is 2.63. The summed E-state index contributed by atoms with van der Waals surface area (Å²) >= 11 is 0. The maximum Gasteiger partial charge on any atom is 0.151 e. The number of benzene rings is 1. The molecule has 5 heteroatoms. The molecule has 2 atom stereocenters. The molecule has 0 amide bonds. The van der Waals surface area contributed by atoms with Gasteiger partial charge in [0.15, 0.2) is 5.82 Å². The van der Waals surface area contributed by atoms with Gasteiger partial charge in [-0.1, -0.05) is 12.1 Å². The van der Waals surface area contributed by atoms with Crippen LogP contribution in [0.3, 0.4) is 0 Å². The number of hydrogen-bond acceptors (Lipinski definition) is 5. The molecule has 0 bridgehead atoms. The highest BCUT2D eigenvalue weighted by molar-refractivity contribution is 5.37. The van der Waals surface area contributed by atoms with Crippen molar-refractivity contribution in [2.24, 2.45) is 0 Å². The minimum absolute atomic E-state index is 0.435. The van der Waals surface area contributed by atoms with Crippen LogP contribution in [0, 0.1) is 0 Å². The minimum atomic E-state index is 0.435. The lowest BCUT2D eigenvalue weighted by Crippen LogP contribution is -2.49. The Bertz CT molecular complexity index is 617. The summed E-state index contributed by atoms with van der Waals surface area (Å²) in [5.74, 6) is 1.89. The zero-order valence-corrected chi connectivity index (χ0v) is 14.5. The highest BCUT2D eigenvalue weighted by Gasteiger charge is 2.22. The third-order valence-corrected chi connectivity index (χ3v) is 4.52. The van der Waals surface area contributed by atoms with Gasteiger partial charge in [0.2, 0.25) is 0 Å². The van der Waals surface area contributed by atoms with Crippen LogP contribution in [-0.2, 0) is 6.42 Å². The Morgan fingerprint density at radius 2 is 2.12 bits per heavy atom. The lowest BCUT2D eigenvalue weighted by Gasteiger charge is -2.35. The van der Waals surface area contributed by atoms with E-state index in [1.54, 1.807) is 13.3 Å². The van der Waals surface area contributed by atoms with Gasteiger partial charge in [-0.3, -0.25) is 0 Å². The van der Waals surface area contributed by atoms with E-state index in [0.717, 1.165) is 31.1 Å². The molecular weight excluding hydrogens is 300 g/mol. The summed E-state index contributed by atoms with van der Waals surface area (Å²) in [5.41, 5.74) is 1.33. The monoisotopic (exact) mass is 326 g/mol. The van der Waals surface area contributed by atoms with Crippen LogP contribution in [0.1, 0.15) is 25.3 Å². The van der Waals surface area contributed by atoms with Crippen molar-refractivity contribution in [3.05, 3.63) is 48.2 Å². The fraction of sp³-hybridized carbons (Fsp3) is 0.474. The Kier molecular flexibility index (Phi) is 5.64. The summed E-state index contributed by atoms with van der Waals surface area (Å²) in [5, 5.41) is 12.0. The maximum atomic E-state index is 5.22. The van der Waals surface area contributed by atoms with Gasteiger partial charge in [0.05, 0.1) is 7.11 Å². The van der Waals surface area contributed by atoms with Crippen molar-refractivity contribution >= 4 is 5.82 Å². The molecule has 1 aliphatic rings. The van der Waals surface area contributed by atoms with E-state index in [0.29, 0.717) is 12.1 Å². The lowest BCUT2D eigenvalue weighted by molar-refractivity contribution is 0.380. The normalized spacial score (nSPS) is 19.1. The second-order valence-corrected chi connectivity index (χ2v) is 6.49. The molecule has 1 aliphatic heterocycles. The number of rotatable bonds is 6. The highest BCUT2D eigenvalue weighted by Crippen LogP contribution is 2.18. The molecule has 128 valence electrons. The second-order valence-electron chi connectivity index (χ2n) is 6.49. The van der Waals surface area contributed by atoms with E-state index >= 15 is 0 Å². The summed E-state index contributed by atoms with van der Waals surface area (Å²) in [4.78, 5) is 2.33. The van der Waals surface area contributed by atoms with Gasteiger partial charge < -0.3 is 15.0 Å². The molecule has 2 aromatic rings. The van der Waals surface area contributed by atoms with E-state index in [2.05, 4.69) is 39.5 Å². The topological polar surface area (TPSA) is 50.3 Å². The van der Waals surface area contributed by atoms with Crippen LogP contribution in [-0.4, -0.2) is 42.5 Å². The third-order valence-electron chi connectivity index (χ3n) is 4.52. The number of methoxy groups -OCH3 is 1. The standard InChI is InChI=1S/C19H26N4O/c1-15(13-16-7-9-18(24-2)10-8-16)21-17-5-4-12-23(14-17)19-6-3-11-20-22-19/h3,6-11,15,17,21H,4-5,12-14H2,1-2H3/t15-,17-/m0/s1. The van der Waals surface area contributed by atoms with Gasteiger partial charge in [-0.05, 0) is 56.0 Å². The van der Waals surface area contributed by atoms with Crippen LogP contribution >= 0.6 is 0 Å². The first-order chi connectivity index (χ1) is 11.7. The molecule has 0 aliphatic carbocycles. The molecule has 0 spiro atoms. The van der Waals surface area contributed by atoms with E-state index in [9.17, 15) is 0 Å². The van der Waals surface area contributed by atoms with Crippen molar-refractivity contribution in [3.63, 3.8) is 0 Å². The molecule has 0 radical (unpaired) electrons. The molecule has 0 saturated carbocycles. The Morgan fingerprint density at radius 1 is 1.29 bits per heavy atom. The van der Waals surface area contributed by atoms with Crippen LogP contribution in [0.2, 0.25) is 0 Å². The minimum Gasteiger partial charge on any atom is -0.497 e. The molecule has 3 rings (SSSR count).